The number of benzene rings is 1. The summed E-state index contributed by atoms with van der Waals surface area (Å²) in [6, 6.07) is 8.10. The Labute approximate surface area is 142 Å². The molecule has 108 valence electrons. The molecular weight excluding hydrogens is 313 g/mol. The van der Waals surface area contributed by atoms with Gasteiger partial charge in [-0.2, -0.15) is 12.1 Å². The molecule has 0 unspecified atom stereocenters. The molecule has 0 amide bonds. The molecule has 0 aliphatic carbocycles. The summed E-state index contributed by atoms with van der Waals surface area (Å²) in [4.78, 5) is 0. The van der Waals surface area contributed by atoms with Gasteiger partial charge in [-0.3, -0.25) is 0 Å². The number of hydrogen-bond acceptors (Lipinski definition) is 3. The van der Waals surface area contributed by atoms with Crippen molar-refractivity contribution in [3.63, 3.8) is 0 Å². The van der Waals surface area contributed by atoms with Gasteiger partial charge >= 0.3 is 18.9 Å². The monoisotopic (exact) mass is 335 g/mol. The molecule has 0 saturated carbocycles. The Bertz CT molecular complexity index is 395. The number of hydrogen-bond donors (Lipinski definition) is 2. The van der Waals surface area contributed by atoms with E-state index in [0.29, 0.717) is 0 Å². The second-order valence-electron chi connectivity index (χ2n) is 6.30. The maximum absolute atomic E-state index is 8.52. The van der Waals surface area contributed by atoms with Crippen molar-refractivity contribution in [1.29, 1.82) is 0 Å². The van der Waals surface area contributed by atoms with Gasteiger partial charge in [0, 0.05) is 11.8 Å². The van der Waals surface area contributed by atoms with E-state index < -0.39 is 5.60 Å². The Kier molecular flexibility index (Phi) is 7.91. The summed E-state index contributed by atoms with van der Waals surface area (Å²) in [6.45, 7) is 10.2. The first-order valence-electron chi connectivity index (χ1n) is 6.33. The molecule has 1 saturated heterocycles. The molecule has 1 fully saturated rings. The molecule has 1 aliphatic rings. The molecule has 0 radical (unpaired) electrons. The van der Waals surface area contributed by atoms with Crippen molar-refractivity contribution < 1.29 is 28.7 Å². The van der Waals surface area contributed by atoms with Gasteiger partial charge in [-0.25, -0.2) is 0 Å². The van der Waals surface area contributed by atoms with E-state index in [4.69, 9.17) is 9.84 Å². The first kappa shape index (κ1) is 20.0. The summed E-state index contributed by atoms with van der Waals surface area (Å²) in [5.74, 6) is 0. The Morgan fingerprint density at radius 1 is 1.25 bits per heavy atom. The molecule has 0 aromatic heterocycles. The molecule has 0 atom stereocenters. The molecule has 2 rings (SSSR count). The summed E-state index contributed by atoms with van der Waals surface area (Å²) in [7, 11) is 0. The second-order valence-corrected chi connectivity index (χ2v) is 7.22. The van der Waals surface area contributed by atoms with Crippen LogP contribution in [0.5, 0.6) is 0 Å². The molecule has 1 aromatic carbocycles. The minimum absolute atomic E-state index is 0. The quantitative estimate of drug-likeness (QED) is 0.579. The van der Waals surface area contributed by atoms with Crippen molar-refractivity contribution in [1.82, 2.24) is 5.32 Å². The molecule has 0 spiro atoms. The number of ether oxygens (including phenoxy) is 1. The molecule has 3 nitrogen and oxygen atoms in total. The molecular formula is C15H23BrLiNO2. The van der Waals surface area contributed by atoms with Crippen LogP contribution in [0.15, 0.2) is 28.7 Å². The van der Waals surface area contributed by atoms with Crippen molar-refractivity contribution in [2.75, 3.05) is 6.61 Å². The van der Waals surface area contributed by atoms with Crippen molar-refractivity contribution in [2.24, 2.45) is 0 Å². The Hall–Kier alpha value is 0.0474. The minimum atomic E-state index is -0.500. The van der Waals surface area contributed by atoms with Crippen molar-refractivity contribution in [3.05, 3.63) is 40.5 Å². The Morgan fingerprint density at radius 3 is 2.05 bits per heavy atom. The van der Waals surface area contributed by atoms with E-state index in [0.717, 1.165) is 22.9 Å². The van der Waals surface area contributed by atoms with E-state index in [9.17, 15) is 0 Å². The van der Waals surface area contributed by atoms with Crippen LogP contribution in [0.4, 0.5) is 0 Å². The van der Waals surface area contributed by atoms with Crippen LogP contribution in [-0.2, 0) is 4.74 Å². The van der Waals surface area contributed by atoms with Crippen LogP contribution in [0, 0.1) is 6.23 Å². The van der Waals surface area contributed by atoms with Crippen molar-refractivity contribution in [3.8, 4) is 0 Å². The van der Waals surface area contributed by atoms with Gasteiger partial charge in [-0.05, 0) is 39.1 Å². The summed E-state index contributed by atoms with van der Waals surface area (Å²) in [5, 5.41) is 11.9. The zero-order valence-corrected chi connectivity index (χ0v) is 14.8. The van der Waals surface area contributed by atoms with Gasteiger partial charge in [0.25, 0.3) is 0 Å². The van der Waals surface area contributed by atoms with Crippen LogP contribution >= 0.6 is 15.9 Å². The largest absolute Gasteiger partial charge is 1.00 e. The zero-order chi connectivity index (χ0) is 14.7. The fourth-order valence-electron chi connectivity index (χ4n) is 1.39. The van der Waals surface area contributed by atoms with E-state index in [1.165, 1.54) is 0 Å². The van der Waals surface area contributed by atoms with Gasteiger partial charge in [0.05, 0.1) is 12.2 Å². The van der Waals surface area contributed by atoms with E-state index in [1.807, 2.05) is 24.3 Å². The molecule has 20 heavy (non-hydrogen) atoms. The Balaban J connectivity index is 0.000000526. The third-order valence-electron chi connectivity index (χ3n) is 2.14. The predicted molar refractivity (Wildman–Crippen MR) is 81.6 cm³/mol. The number of nitrogens with one attached hydrogen (secondary N) is 1. The smallest absolute Gasteiger partial charge is 0.393 e. The minimum Gasteiger partial charge on any atom is -0.393 e. The predicted octanol–water partition coefficient (Wildman–Crippen LogP) is 0.466. The van der Waals surface area contributed by atoms with Crippen LogP contribution in [0.1, 0.15) is 40.2 Å². The third kappa shape index (κ3) is 8.36. The van der Waals surface area contributed by atoms with Crippen molar-refractivity contribution >= 4 is 15.9 Å². The zero-order valence-electron chi connectivity index (χ0n) is 13.2. The number of rotatable bonds is 1. The molecule has 5 heteroatoms. The topological polar surface area (TPSA) is 41.5 Å². The van der Waals surface area contributed by atoms with Gasteiger partial charge < -0.3 is 15.2 Å². The molecule has 1 aliphatic heterocycles. The van der Waals surface area contributed by atoms with Crippen LogP contribution in [0.2, 0.25) is 0 Å². The van der Waals surface area contributed by atoms with Gasteiger partial charge in [-0.15, -0.1) is 17.7 Å². The summed E-state index contributed by atoms with van der Waals surface area (Å²) in [6.07, 6.45) is 0.877. The van der Waals surface area contributed by atoms with E-state index in [2.05, 4.69) is 35.1 Å². The van der Waals surface area contributed by atoms with Gasteiger partial charge in [0.1, 0.15) is 0 Å². The molecule has 1 aromatic rings. The average Bonchev–Trinajstić information content (AvgIpc) is 2.57. The summed E-state index contributed by atoms with van der Waals surface area (Å²) >= 11 is 3.41. The number of halogens is 1. The average molecular weight is 336 g/mol. The van der Waals surface area contributed by atoms with Crippen LogP contribution in [-0.4, -0.2) is 22.9 Å². The van der Waals surface area contributed by atoms with Gasteiger partial charge in [-0.1, -0.05) is 15.9 Å². The third-order valence-corrected chi connectivity index (χ3v) is 2.66. The maximum atomic E-state index is 8.52. The SMILES string of the molecule is CC(C)(C)O.CC1(C)CO[C-](c2ccc(Br)cc2)N1.[Li+]. The fraction of sp³-hybridized carbons (Fsp3) is 0.533. The molecule has 1 heterocycles. The fourth-order valence-corrected chi connectivity index (χ4v) is 1.65. The van der Waals surface area contributed by atoms with Crippen molar-refractivity contribution in [2.45, 2.75) is 45.8 Å². The maximum Gasteiger partial charge on any atom is 1.00 e. The normalized spacial score (nSPS) is 17.1. The molecule has 0 bridgehead atoms. The van der Waals surface area contributed by atoms with E-state index in [-0.39, 0.29) is 24.4 Å². The van der Waals surface area contributed by atoms with Crippen LogP contribution in [0.25, 0.3) is 0 Å². The van der Waals surface area contributed by atoms with E-state index >= 15 is 0 Å². The first-order valence-corrected chi connectivity index (χ1v) is 7.12. The van der Waals surface area contributed by atoms with Gasteiger partial charge in [0.15, 0.2) is 0 Å². The standard InChI is InChI=1S/C11H13BrNO.C4H10O.Li/c1-11(2)7-14-10(13-11)8-3-5-9(12)6-4-8;1-4(2,3)5;/h3-6,13H,7H2,1-2H3;5H,1-3H3;/q-1;;+1. The Morgan fingerprint density at radius 2 is 1.70 bits per heavy atom. The summed E-state index contributed by atoms with van der Waals surface area (Å²) in [5.41, 5.74) is 0.640. The van der Waals surface area contributed by atoms with Crippen LogP contribution < -0.4 is 24.2 Å². The second kappa shape index (κ2) is 7.89. The first-order chi connectivity index (χ1) is 8.57. The van der Waals surface area contributed by atoms with Gasteiger partial charge in [0.2, 0.25) is 0 Å². The van der Waals surface area contributed by atoms with E-state index in [1.54, 1.807) is 20.8 Å². The molecule has 2 N–H and O–H groups in total. The van der Waals surface area contributed by atoms with Crippen LogP contribution in [0.3, 0.4) is 0 Å². The summed E-state index contributed by atoms with van der Waals surface area (Å²) < 4.78 is 6.67. The number of aliphatic hydroxyl groups is 1.